The third-order valence-electron chi connectivity index (χ3n) is 4.67. The summed E-state index contributed by atoms with van der Waals surface area (Å²) in [6, 6.07) is 20.2. The molecular formula is C25H18BrN3O3. The van der Waals surface area contributed by atoms with Crippen molar-refractivity contribution >= 4 is 33.0 Å². The average Bonchev–Trinajstić information content (AvgIpc) is 2.82. The molecule has 0 spiro atoms. The molecule has 0 aliphatic rings. The van der Waals surface area contributed by atoms with Gasteiger partial charge in [-0.25, -0.2) is 4.98 Å². The van der Waals surface area contributed by atoms with Crippen molar-refractivity contribution in [3.8, 4) is 35.2 Å². The van der Waals surface area contributed by atoms with Crippen LogP contribution in [0.15, 0.2) is 81.1 Å². The van der Waals surface area contributed by atoms with E-state index in [-0.39, 0.29) is 12.2 Å². The lowest BCUT2D eigenvalue weighted by atomic mass is 10.2. The third-order valence-corrected chi connectivity index (χ3v) is 5.12. The van der Waals surface area contributed by atoms with Gasteiger partial charge in [-0.15, -0.1) is 6.42 Å². The summed E-state index contributed by atoms with van der Waals surface area (Å²) in [5.41, 5.74) is 1.68. The Labute approximate surface area is 193 Å². The Morgan fingerprint density at radius 2 is 1.91 bits per heavy atom. The van der Waals surface area contributed by atoms with Crippen molar-refractivity contribution < 1.29 is 9.47 Å². The summed E-state index contributed by atoms with van der Waals surface area (Å²) in [4.78, 5) is 18.0. The highest BCUT2D eigenvalue weighted by atomic mass is 79.9. The summed E-state index contributed by atoms with van der Waals surface area (Å²) in [5, 5.41) is 4.97. The first-order valence-electron chi connectivity index (χ1n) is 9.67. The number of ether oxygens (including phenoxy) is 2. The predicted octanol–water partition coefficient (Wildman–Crippen LogP) is 4.73. The van der Waals surface area contributed by atoms with E-state index in [0.29, 0.717) is 33.8 Å². The highest BCUT2D eigenvalue weighted by Gasteiger charge is 2.14. The van der Waals surface area contributed by atoms with Crippen molar-refractivity contribution in [2.45, 2.75) is 0 Å². The molecule has 0 fully saturated rings. The fourth-order valence-electron chi connectivity index (χ4n) is 3.23. The van der Waals surface area contributed by atoms with Gasteiger partial charge >= 0.3 is 0 Å². The van der Waals surface area contributed by atoms with E-state index < -0.39 is 0 Å². The van der Waals surface area contributed by atoms with E-state index in [1.54, 1.807) is 24.3 Å². The molecule has 0 N–H and O–H groups in total. The quantitative estimate of drug-likeness (QED) is 0.291. The molecule has 0 bridgehead atoms. The first-order chi connectivity index (χ1) is 15.6. The normalized spacial score (nSPS) is 10.9. The number of terminal acetylenes is 1. The minimum Gasteiger partial charge on any atom is -0.493 e. The van der Waals surface area contributed by atoms with Gasteiger partial charge in [0.1, 0.15) is 6.61 Å². The molecule has 3 aromatic carbocycles. The van der Waals surface area contributed by atoms with Crippen LogP contribution in [-0.2, 0) is 0 Å². The second-order valence-corrected chi connectivity index (χ2v) is 7.61. The topological polar surface area (TPSA) is 65.7 Å². The Kier molecular flexibility index (Phi) is 6.34. The van der Waals surface area contributed by atoms with Crippen LogP contribution >= 0.6 is 15.9 Å². The summed E-state index contributed by atoms with van der Waals surface area (Å²) in [5.74, 6) is 3.79. The van der Waals surface area contributed by atoms with Crippen LogP contribution in [0.1, 0.15) is 5.56 Å². The number of aromatic nitrogens is 2. The van der Waals surface area contributed by atoms with Crippen LogP contribution in [0.3, 0.4) is 0 Å². The minimum atomic E-state index is -0.279. The smallest absolute Gasteiger partial charge is 0.282 e. The standard InChI is InChI=1S/C25H18BrN3O3/c1-3-13-32-23-18(14-19(26)15-22(23)31-2)16-27-29-24(17-9-5-4-6-10-17)28-21-12-8-7-11-20(21)25(29)30/h1,4-12,14-16H,13H2,2H3. The second kappa shape index (κ2) is 9.50. The molecule has 4 rings (SSSR count). The number of nitrogens with zero attached hydrogens (tertiary/aromatic N) is 3. The number of hydrogen-bond acceptors (Lipinski definition) is 5. The molecule has 0 unspecified atom stereocenters. The molecule has 158 valence electrons. The molecule has 1 heterocycles. The highest BCUT2D eigenvalue weighted by molar-refractivity contribution is 9.10. The Bertz CT molecular complexity index is 1410. The minimum absolute atomic E-state index is 0.0611. The van der Waals surface area contributed by atoms with Crippen molar-refractivity contribution in [3.05, 3.63) is 87.1 Å². The van der Waals surface area contributed by atoms with Crippen LogP contribution in [-0.4, -0.2) is 29.6 Å². The zero-order valence-electron chi connectivity index (χ0n) is 17.2. The Morgan fingerprint density at radius 1 is 1.16 bits per heavy atom. The Balaban J connectivity index is 1.92. The maximum atomic E-state index is 13.3. The van der Waals surface area contributed by atoms with Gasteiger partial charge in [-0.2, -0.15) is 9.78 Å². The molecule has 0 aliphatic heterocycles. The summed E-state index contributed by atoms with van der Waals surface area (Å²) in [6.45, 7) is 0.0611. The molecule has 0 saturated carbocycles. The Morgan fingerprint density at radius 3 is 2.66 bits per heavy atom. The zero-order valence-corrected chi connectivity index (χ0v) is 18.7. The van der Waals surface area contributed by atoms with Crippen molar-refractivity contribution in [1.29, 1.82) is 0 Å². The molecule has 0 aliphatic carbocycles. The summed E-state index contributed by atoms with van der Waals surface area (Å²) in [6.07, 6.45) is 6.89. The molecule has 0 saturated heterocycles. The van der Waals surface area contributed by atoms with Gasteiger partial charge in [-0.3, -0.25) is 4.79 Å². The largest absolute Gasteiger partial charge is 0.493 e. The SMILES string of the molecule is C#CCOc1c(C=Nn2c(-c3ccccc3)nc3ccccc3c2=O)cc(Br)cc1OC. The van der Waals surface area contributed by atoms with Crippen LogP contribution in [0, 0.1) is 12.3 Å². The van der Waals surface area contributed by atoms with Crippen molar-refractivity contribution in [2.75, 3.05) is 13.7 Å². The zero-order chi connectivity index (χ0) is 22.5. The van der Waals surface area contributed by atoms with E-state index >= 15 is 0 Å². The fraction of sp³-hybridized carbons (Fsp3) is 0.0800. The van der Waals surface area contributed by atoms with Crippen LogP contribution < -0.4 is 15.0 Å². The van der Waals surface area contributed by atoms with Crippen molar-refractivity contribution in [3.63, 3.8) is 0 Å². The molecule has 7 heteroatoms. The molecule has 6 nitrogen and oxygen atoms in total. The van der Waals surface area contributed by atoms with Gasteiger partial charge in [-0.05, 0) is 24.3 Å². The molecule has 1 aromatic heterocycles. The Hall–Kier alpha value is -3.89. The monoisotopic (exact) mass is 487 g/mol. The van der Waals surface area contributed by atoms with Gasteiger partial charge in [0.15, 0.2) is 17.3 Å². The van der Waals surface area contributed by atoms with Crippen molar-refractivity contribution in [1.82, 2.24) is 9.66 Å². The maximum absolute atomic E-state index is 13.3. The van der Waals surface area contributed by atoms with Crippen LogP contribution in [0.5, 0.6) is 11.5 Å². The van der Waals surface area contributed by atoms with Gasteiger partial charge < -0.3 is 9.47 Å². The first-order valence-corrected chi connectivity index (χ1v) is 10.5. The first kappa shape index (κ1) is 21.3. The lowest BCUT2D eigenvalue weighted by Gasteiger charge is -2.13. The van der Waals surface area contributed by atoms with Crippen LogP contribution in [0.2, 0.25) is 0 Å². The molecule has 0 radical (unpaired) electrons. The number of benzene rings is 3. The van der Waals surface area contributed by atoms with Gasteiger partial charge in [0.25, 0.3) is 5.56 Å². The molecule has 0 atom stereocenters. The fourth-order valence-corrected chi connectivity index (χ4v) is 3.68. The number of halogens is 1. The van der Waals surface area contributed by atoms with Gasteiger partial charge in [0, 0.05) is 15.6 Å². The predicted molar refractivity (Wildman–Crippen MR) is 129 cm³/mol. The van der Waals surface area contributed by atoms with Gasteiger partial charge in [0.2, 0.25) is 0 Å². The maximum Gasteiger partial charge on any atom is 0.282 e. The lowest BCUT2D eigenvalue weighted by molar-refractivity contribution is 0.330. The molecule has 4 aromatic rings. The van der Waals surface area contributed by atoms with E-state index in [1.165, 1.54) is 18.0 Å². The average molecular weight is 488 g/mol. The number of fused-ring (bicyclic) bond motifs is 1. The molecule has 32 heavy (non-hydrogen) atoms. The summed E-state index contributed by atoms with van der Waals surface area (Å²) < 4.78 is 13.2. The number of methoxy groups -OCH3 is 1. The number of hydrogen-bond donors (Lipinski definition) is 0. The second-order valence-electron chi connectivity index (χ2n) is 6.70. The van der Waals surface area contributed by atoms with Crippen molar-refractivity contribution in [2.24, 2.45) is 5.10 Å². The molecule has 0 amide bonds. The summed E-state index contributed by atoms with van der Waals surface area (Å²) >= 11 is 3.46. The van der Waals surface area contributed by atoms with E-state index in [0.717, 1.165) is 10.0 Å². The number of para-hydroxylation sites is 1. The molecular weight excluding hydrogens is 470 g/mol. The lowest BCUT2D eigenvalue weighted by Crippen LogP contribution is -2.20. The van der Waals surface area contributed by atoms with Crippen LogP contribution in [0.25, 0.3) is 22.3 Å². The van der Waals surface area contributed by atoms with E-state index in [9.17, 15) is 4.79 Å². The van der Waals surface area contributed by atoms with E-state index in [4.69, 9.17) is 20.9 Å². The van der Waals surface area contributed by atoms with Crippen LogP contribution in [0.4, 0.5) is 0 Å². The van der Waals surface area contributed by atoms with E-state index in [1.807, 2.05) is 42.5 Å². The summed E-state index contributed by atoms with van der Waals surface area (Å²) in [7, 11) is 1.54. The van der Waals surface area contributed by atoms with Gasteiger partial charge in [-0.1, -0.05) is 64.3 Å². The van der Waals surface area contributed by atoms with E-state index in [2.05, 4.69) is 27.0 Å². The van der Waals surface area contributed by atoms with Gasteiger partial charge in [0.05, 0.1) is 24.2 Å². The highest BCUT2D eigenvalue weighted by Crippen LogP contribution is 2.34. The number of rotatable bonds is 6. The third kappa shape index (κ3) is 4.27.